The highest BCUT2D eigenvalue weighted by atomic mass is 35.5. The molecule has 0 saturated heterocycles. The first kappa shape index (κ1) is 40.2. The summed E-state index contributed by atoms with van der Waals surface area (Å²) in [7, 11) is 0. The van der Waals surface area contributed by atoms with Gasteiger partial charge in [0.1, 0.15) is 11.5 Å². The number of alkyl halides is 3. The topological polar surface area (TPSA) is 168 Å². The predicted molar refractivity (Wildman–Crippen MR) is 208 cm³/mol. The minimum atomic E-state index is -4.61. The van der Waals surface area contributed by atoms with Crippen molar-refractivity contribution in [3.63, 3.8) is 0 Å². The maximum atomic E-state index is 13.0. The maximum absolute atomic E-state index is 13.0. The average molecular weight is 803 g/mol. The van der Waals surface area contributed by atoms with Crippen molar-refractivity contribution < 1.29 is 37.0 Å². The first-order valence-electron chi connectivity index (χ1n) is 17.7. The second-order valence-electron chi connectivity index (χ2n) is 14.0. The molecule has 5 N–H and O–H groups in total. The molecule has 1 saturated carbocycles. The van der Waals surface area contributed by atoms with Crippen LogP contribution >= 0.6 is 11.6 Å². The van der Waals surface area contributed by atoms with Crippen molar-refractivity contribution in [2.24, 2.45) is 5.41 Å². The van der Waals surface area contributed by atoms with Gasteiger partial charge in [0.15, 0.2) is 6.61 Å². The lowest BCUT2D eigenvalue weighted by Crippen LogP contribution is -2.44. The largest absolute Gasteiger partial charge is 0.457 e. The van der Waals surface area contributed by atoms with Crippen molar-refractivity contribution in [3.8, 4) is 17.5 Å². The highest BCUT2D eigenvalue weighted by Gasteiger charge is 2.45. The van der Waals surface area contributed by atoms with Crippen LogP contribution in [0.3, 0.4) is 0 Å². The van der Waals surface area contributed by atoms with Gasteiger partial charge in [0.25, 0.3) is 5.91 Å². The van der Waals surface area contributed by atoms with E-state index in [0.29, 0.717) is 33.5 Å². The van der Waals surface area contributed by atoms with E-state index in [0.717, 1.165) is 18.4 Å². The second kappa shape index (κ2) is 17.2. The van der Waals surface area contributed by atoms with Crippen molar-refractivity contribution in [3.05, 3.63) is 119 Å². The molecule has 13 nitrogen and oxygen atoms in total. The van der Waals surface area contributed by atoms with Crippen molar-refractivity contribution >= 4 is 52.6 Å². The molecule has 1 aromatic heterocycles. The standard InChI is InChI=1S/C40H38ClF3N8O5/c1-38(2,23-46-33(54)34(55)47-29-7-6-10-31(21-29)57-30-8-4-3-5-9-30)22-45-32(53)25-11-17-28(18-12-25)48-35-49-36(51-37(50-35)56-24-40(42,43)44)52-39(19-20-39)26-13-15-27(41)16-14-26/h3-18,21H,19-20,22-24H2,1-2H3,(H,45,53)(H,46,54)(H,47,55)(H2,48,49,50,51,52). The van der Waals surface area contributed by atoms with Gasteiger partial charge in [-0.15, -0.1) is 0 Å². The van der Waals surface area contributed by atoms with Gasteiger partial charge in [-0.3, -0.25) is 14.4 Å². The van der Waals surface area contributed by atoms with E-state index >= 15 is 0 Å². The van der Waals surface area contributed by atoms with E-state index in [1.54, 1.807) is 60.7 Å². The van der Waals surface area contributed by atoms with Crippen LogP contribution in [0.1, 0.15) is 42.6 Å². The number of para-hydroxylation sites is 1. The first-order valence-corrected chi connectivity index (χ1v) is 18.1. The Hall–Kier alpha value is -6.42. The molecule has 57 heavy (non-hydrogen) atoms. The number of benzene rings is 4. The third kappa shape index (κ3) is 11.8. The number of hydrogen-bond acceptors (Lipinski definition) is 10. The van der Waals surface area contributed by atoms with Crippen molar-refractivity contribution in [2.75, 3.05) is 35.6 Å². The molecule has 0 atom stereocenters. The lowest BCUT2D eigenvalue weighted by atomic mass is 9.93. The van der Waals surface area contributed by atoms with E-state index < -0.39 is 47.5 Å². The molecule has 1 aliphatic rings. The summed E-state index contributed by atoms with van der Waals surface area (Å²) in [4.78, 5) is 50.7. The SMILES string of the molecule is CC(C)(CNC(=O)C(=O)Nc1cccc(Oc2ccccc2)c1)CNC(=O)c1ccc(Nc2nc(NC3(c4ccc(Cl)cc4)CC3)nc(OCC(F)(F)F)n2)cc1. The summed E-state index contributed by atoms with van der Waals surface area (Å²) in [6, 6.07) is 28.7. The number of nitrogens with zero attached hydrogens (tertiary/aromatic N) is 3. The molecule has 296 valence electrons. The zero-order valence-electron chi connectivity index (χ0n) is 30.7. The molecule has 6 rings (SSSR count). The Morgan fingerprint density at radius 1 is 0.754 bits per heavy atom. The van der Waals surface area contributed by atoms with Gasteiger partial charge in [-0.05, 0) is 84.5 Å². The zero-order chi connectivity index (χ0) is 40.6. The van der Waals surface area contributed by atoms with Gasteiger partial charge in [-0.2, -0.15) is 28.1 Å². The summed E-state index contributed by atoms with van der Waals surface area (Å²) in [5, 5.41) is 14.7. The maximum Gasteiger partial charge on any atom is 0.422 e. The molecule has 0 radical (unpaired) electrons. The number of ether oxygens (including phenoxy) is 2. The Morgan fingerprint density at radius 2 is 1.42 bits per heavy atom. The summed E-state index contributed by atoms with van der Waals surface area (Å²) < 4.78 is 49.5. The molecule has 1 fully saturated rings. The number of nitrogens with one attached hydrogen (secondary N) is 5. The van der Waals surface area contributed by atoms with Crippen LogP contribution in [0.5, 0.6) is 17.5 Å². The van der Waals surface area contributed by atoms with Crippen LogP contribution in [0.15, 0.2) is 103 Å². The smallest absolute Gasteiger partial charge is 0.422 e. The lowest BCUT2D eigenvalue weighted by molar-refractivity contribution is -0.154. The number of hydrogen-bond donors (Lipinski definition) is 5. The van der Waals surface area contributed by atoms with Crippen molar-refractivity contribution in [1.29, 1.82) is 0 Å². The normalized spacial score (nSPS) is 13.2. The lowest BCUT2D eigenvalue weighted by Gasteiger charge is -2.25. The van der Waals surface area contributed by atoms with Crippen LogP contribution in [0.2, 0.25) is 5.02 Å². The minimum absolute atomic E-state index is 0.00646. The van der Waals surface area contributed by atoms with E-state index in [9.17, 15) is 27.6 Å². The van der Waals surface area contributed by atoms with Gasteiger partial charge in [-0.25, -0.2) is 0 Å². The van der Waals surface area contributed by atoms with Crippen LogP contribution in [0.4, 0.5) is 36.4 Å². The second-order valence-corrected chi connectivity index (χ2v) is 14.4. The van der Waals surface area contributed by atoms with Crippen LogP contribution in [0, 0.1) is 5.41 Å². The van der Waals surface area contributed by atoms with Gasteiger partial charge in [-0.1, -0.05) is 61.8 Å². The number of rotatable bonds is 15. The number of halogens is 4. The van der Waals surface area contributed by atoms with Gasteiger partial charge in [0.2, 0.25) is 11.9 Å². The Labute approximate surface area is 330 Å². The average Bonchev–Trinajstić information content (AvgIpc) is 3.96. The monoisotopic (exact) mass is 802 g/mol. The highest BCUT2D eigenvalue weighted by molar-refractivity contribution is 6.39. The molecule has 0 unspecified atom stereocenters. The molecule has 0 bridgehead atoms. The van der Waals surface area contributed by atoms with Gasteiger partial charge in [0, 0.05) is 41.1 Å². The molecule has 17 heteroatoms. The van der Waals surface area contributed by atoms with E-state index in [1.807, 2.05) is 44.2 Å². The Bertz CT molecular complexity index is 2200. The van der Waals surface area contributed by atoms with Crippen LogP contribution in [-0.4, -0.2) is 58.5 Å². The molecular formula is C40H38ClF3N8O5. The number of carbonyl (C=O) groups is 3. The van der Waals surface area contributed by atoms with Crippen molar-refractivity contribution in [1.82, 2.24) is 25.6 Å². The summed E-state index contributed by atoms with van der Waals surface area (Å²) in [6.45, 7) is 2.27. The number of amides is 3. The number of aromatic nitrogens is 3. The fraction of sp³-hybridized carbons (Fsp3) is 0.250. The molecular weight excluding hydrogens is 765 g/mol. The van der Waals surface area contributed by atoms with E-state index in [1.165, 1.54) is 12.1 Å². The van der Waals surface area contributed by atoms with Crippen molar-refractivity contribution in [2.45, 2.75) is 38.4 Å². The highest BCUT2D eigenvalue weighted by Crippen LogP contribution is 2.48. The van der Waals surface area contributed by atoms with Gasteiger partial charge in [0.05, 0.1) is 5.54 Å². The van der Waals surface area contributed by atoms with Crippen LogP contribution < -0.4 is 36.1 Å². The fourth-order valence-electron chi connectivity index (χ4n) is 5.44. The summed E-state index contributed by atoms with van der Waals surface area (Å²) in [5.41, 5.74) is 0.866. The molecule has 1 aliphatic carbocycles. The van der Waals surface area contributed by atoms with Crippen LogP contribution in [0.25, 0.3) is 0 Å². The Morgan fingerprint density at radius 3 is 2.11 bits per heavy atom. The van der Waals surface area contributed by atoms with E-state index in [2.05, 4.69) is 41.5 Å². The molecule has 0 aliphatic heterocycles. The molecule has 4 aromatic carbocycles. The molecule has 1 heterocycles. The quantitative estimate of drug-likeness (QED) is 0.0665. The molecule has 5 aromatic rings. The van der Waals surface area contributed by atoms with Gasteiger partial charge < -0.3 is 36.1 Å². The number of carbonyl (C=O) groups excluding carboxylic acids is 3. The fourth-order valence-corrected chi connectivity index (χ4v) is 5.57. The Balaban J connectivity index is 1.01. The van der Waals surface area contributed by atoms with Gasteiger partial charge >= 0.3 is 24.0 Å². The third-order valence-corrected chi connectivity index (χ3v) is 8.86. The zero-order valence-corrected chi connectivity index (χ0v) is 31.5. The summed E-state index contributed by atoms with van der Waals surface area (Å²) >= 11 is 6.04. The summed E-state index contributed by atoms with van der Waals surface area (Å²) in [6.07, 6.45) is -3.15. The minimum Gasteiger partial charge on any atom is -0.457 e. The Kier molecular flexibility index (Phi) is 12.1. The summed E-state index contributed by atoms with van der Waals surface area (Å²) in [5.74, 6) is -1.08. The number of anilines is 4. The predicted octanol–water partition coefficient (Wildman–Crippen LogP) is 7.61. The first-order chi connectivity index (χ1) is 27.1. The van der Waals surface area contributed by atoms with E-state index in [4.69, 9.17) is 21.1 Å². The third-order valence-electron chi connectivity index (χ3n) is 8.61. The molecule has 3 amide bonds. The van der Waals surface area contributed by atoms with Crippen LogP contribution in [-0.2, 0) is 15.1 Å². The van der Waals surface area contributed by atoms with E-state index in [-0.39, 0.29) is 25.0 Å². The molecule has 0 spiro atoms.